The van der Waals surface area contributed by atoms with E-state index < -0.39 is 0 Å². The van der Waals surface area contributed by atoms with E-state index in [1.54, 1.807) is 0 Å². The summed E-state index contributed by atoms with van der Waals surface area (Å²) in [4.78, 5) is 25.2. The number of unbranched alkanes of at least 4 members (excludes halogenated alkanes) is 2. The molecule has 1 atom stereocenters. The van der Waals surface area contributed by atoms with E-state index in [2.05, 4.69) is 46.7 Å². The molecular formula is C20H31N3O2. The van der Waals surface area contributed by atoms with Gasteiger partial charge in [0.15, 0.2) is 0 Å². The molecule has 0 saturated carbocycles. The van der Waals surface area contributed by atoms with Crippen molar-refractivity contribution in [2.24, 2.45) is 0 Å². The number of benzene rings is 1. The molecule has 2 N–H and O–H groups in total. The summed E-state index contributed by atoms with van der Waals surface area (Å²) < 4.78 is 0. The van der Waals surface area contributed by atoms with Crippen LogP contribution in [0.4, 0.5) is 0 Å². The minimum absolute atomic E-state index is 0.00654. The maximum Gasteiger partial charge on any atom is 0.220 e. The van der Waals surface area contributed by atoms with Gasteiger partial charge in [-0.15, -0.1) is 0 Å². The largest absolute Gasteiger partial charge is 0.356 e. The fourth-order valence-electron chi connectivity index (χ4n) is 3.22. The fraction of sp³-hybridized carbons (Fsp3) is 0.600. The molecule has 1 aliphatic rings. The molecule has 138 valence electrons. The first-order valence-electron chi connectivity index (χ1n) is 9.38. The van der Waals surface area contributed by atoms with Crippen LogP contribution in [0, 0.1) is 0 Å². The van der Waals surface area contributed by atoms with E-state index in [0.29, 0.717) is 25.6 Å². The molecule has 0 fully saturated rings. The van der Waals surface area contributed by atoms with Gasteiger partial charge in [-0.2, -0.15) is 0 Å². The Morgan fingerprint density at radius 1 is 1.12 bits per heavy atom. The van der Waals surface area contributed by atoms with Crippen molar-refractivity contribution in [2.45, 2.75) is 58.5 Å². The molecular weight excluding hydrogens is 314 g/mol. The molecule has 1 aliphatic heterocycles. The van der Waals surface area contributed by atoms with Gasteiger partial charge >= 0.3 is 0 Å². The van der Waals surface area contributed by atoms with Crippen LogP contribution in [0.3, 0.4) is 0 Å². The van der Waals surface area contributed by atoms with Gasteiger partial charge in [0, 0.05) is 45.6 Å². The highest BCUT2D eigenvalue weighted by atomic mass is 16.2. The monoisotopic (exact) mass is 345 g/mol. The van der Waals surface area contributed by atoms with Gasteiger partial charge < -0.3 is 10.6 Å². The zero-order chi connectivity index (χ0) is 18.1. The van der Waals surface area contributed by atoms with Crippen molar-refractivity contribution in [2.75, 3.05) is 19.6 Å². The number of nitrogens with one attached hydrogen (secondary N) is 2. The summed E-state index contributed by atoms with van der Waals surface area (Å²) in [5, 5.41) is 5.83. The van der Waals surface area contributed by atoms with E-state index in [1.165, 1.54) is 18.1 Å². The molecule has 0 radical (unpaired) electrons. The molecule has 25 heavy (non-hydrogen) atoms. The molecule has 0 aliphatic carbocycles. The van der Waals surface area contributed by atoms with Gasteiger partial charge in [-0.3, -0.25) is 14.5 Å². The minimum Gasteiger partial charge on any atom is -0.356 e. The van der Waals surface area contributed by atoms with E-state index in [0.717, 1.165) is 38.8 Å². The lowest BCUT2D eigenvalue weighted by Gasteiger charge is -2.33. The summed E-state index contributed by atoms with van der Waals surface area (Å²) in [6.45, 7) is 7.13. The molecule has 0 bridgehead atoms. The molecule has 0 spiro atoms. The average molecular weight is 345 g/mol. The smallest absolute Gasteiger partial charge is 0.220 e. The van der Waals surface area contributed by atoms with Crippen LogP contribution in [0.2, 0.25) is 0 Å². The fourth-order valence-corrected chi connectivity index (χ4v) is 3.22. The first-order chi connectivity index (χ1) is 12.1. The second-order valence-electron chi connectivity index (χ2n) is 6.94. The molecule has 2 rings (SSSR count). The molecule has 2 amide bonds. The number of carbonyl (C=O) groups is 2. The van der Waals surface area contributed by atoms with Crippen LogP contribution >= 0.6 is 0 Å². The molecule has 1 aromatic rings. The lowest BCUT2D eigenvalue weighted by molar-refractivity contribution is -0.121. The van der Waals surface area contributed by atoms with Crippen molar-refractivity contribution in [3.8, 4) is 0 Å². The van der Waals surface area contributed by atoms with Crippen LogP contribution in [-0.4, -0.2) is 42.4 Å². The zero-order valence-electron chi connectivity index (χ0n) is 15.5. The van der Waals surface area contributed by atoms with E-state index in [-0.39, 0.29) is 11.8 Å². The minimum atomic E-state index is 0.00654. The third-order valence-corrected chi connectivity index (χ3v) is 4.83. The summed E-state index contributed by atoms with van der Waals surface area (Å²) in [6.07, 6.45) is 4.41. The molecule has 1 unspecified atom stereocenters. The van der Waals surface area contributed by atoms with Crippen LogP contribution in [-0.2, 0) is 22.6 Å². The first-order valence-corrected chi connectivity index (χ1v) is 9.38. The first kappa shape index (κ1) is 19.4. The Kier molecular flexibility index (Phi) is 7.92. The van der Waals surface area contributed by atoms with Crippen LogP contribution < -0.4 is 10.6 Å². The highest BCUT2D eigenvalue weighted by Crippen LogP contribution is 2.19. The van der Waals surface area contributed by atoms with E-state index in [4.69, 9.17) is 0 Å². The molecule has 0 aromatic heterocycles. The van der Waals surface area contributed by atoms with Crippen molar-refractivity contribution in [1.82, 2.24) is 15.5 Å². The highest BCUT2D eigenvalue weighted by molar-refractivity contribution is 5.75. The van der Waals surface area contributed by atoms with Crippen molar-refractivity contribution >= 4 is 11.8 Å². The van der Waals surface area contributed by atoms with E-state index >= 15 is 0 Å². The van der Waals surface area contributed by atoms with Crippen LogP contribution in [0.1, 0.15) is 50.7 Å². The number of hydrogen-bond acceptors (Lipinski definition) is 3. The third-order valence-electron chi connectivity index (χ3n) is 4.83. The van der Waals surface area contributed by atoms with Crippen LogP contribution in [0.25, 0.3) is 0 Å². The summed E-state index contributed by atoms with van der Waals surface area (Å²) >= 11 is 0. The number of nitrogens with zero attached hydrogens (tertiary/aromatic N) is 1. The van der Waals surface area contributed by atoms with Crippen LogP contribution in [0.5, 0.6) is 0 Å². The SMILES string of the molecule is CC(=O)NCCCCCC(=O)NCC(C)N1CCc2ccccc2C1. The van der Waals surface area contributed by atoms with Crippen molar-refractivity contribution < 1.29 is 9.59 Å². The standard InChI is InChI=1S/C20H31N3O2/c1-16(23-13-11-18-8-5-6-9-19(18)15-23)14-22-20(25)10-4-3-7-12-21-17(2)24/h5-6,8-9,16H,3-4,7,10-15H2,1-2H3,(H,21,24)(H,22,25). The summed E-state index contributed by atoms with van der Waals surface area (Å²) in [6, 6.07) is 8.96. The van der Waals surface area contributed by atoms with Gasteiger partial charge in [0.25, 0.3) is 0 Å². The molecule has 5 nitrogen and oxygen atoms in total. The number of hydrogen-bond donors (Lipinski definition) is 2. The molecule has 0 saturated heterocycles. The Hall–Kier alpha value is -1.88. The Bertz CT molecular complexity index is 574. The van der Waals surface area contributed by atoms with Gasteiger partial charge in [-0.1, -0.05) is 30.7 Å². The Morgan fingerprint density at radius 2 is 1.88 bits per heavy atom. The third kappa shape index (κ3) is 6.86. The number of rotatable bonds is 9. The second-order valence-corrected chi connectivity index (χ2v) is 6.94. The maximum atomic E-state index is 12.0. The highest BCUT2D eigenvalue weighted by Gasteiger charge is 2.20. The topological polar surface area (TPSA) is 61.4 Å². The summed E-state index contributed by atoms with van der Waals surface area (Å²) in [5.41, 5.74) is 2.86. The second kappa shape index (κ2) is 10.2. The summed E-state index contributed by atoms with van der Waals surface area (Å²) in [5.74, 6) is 0.135. The zero-order valence-corrected chi connectivity index (χ0v) is 15.5. The Labute approximate surface area is 151 Å². The lowest BCUT2D eigenvalue weighted by atomic mass is 9.99. The van der Waals surface area contributed by atoms with Crippen molar-refractivity contribution in [3.63, 3.8) is 0 Å². The summed E-state index contributed by atoms with van der Waals surface area (Å²) in [7, 11) is 0. The quantitative estimate of drug-likeness (QED) is 0.675. The molecule has 5 heteroatoms. The predicted octanol–water partition coefficient (Wildman–Crippen LogP) is 2.25. The maximum absolute atomic E-state index is 12.0. The van der Waals surface area contributed by atoms with Gasteiger partial charge in [0.1, 0.15) is 0 Å². The van der Waals surface area contributed by atoms with Crippen molar-refractivity contribution in [3.05, 3.63) is 35.4 Å². The predicted molar refractivity (Wildman–Crippen MR) is 100 cm³/mol. The van der Waals surface area contributed by atoms with Crippen LogP contribution in [0.15, 0.2) is 24.3 Å². The normalized spacial score (nSPS) is 15.3. The molecule has 1 heterocycles. The van der Waals surface area contributed by atoms with Gasteiger partial charge in [-0.25, -0.2) is 0 Å². The van der Waals surface area contributed by atoms with Gasteiger partial charge in [0.05, 0.1) is 0 Å². The number of amides is 2. The molecule has 1 aromatic carbocycles. The van der Waals surface area contributed by atoms with E-state index in [1.807, 2.05) is 0 Å². The van der Waals surface area contributed by atoms with Crippen molar-refractivity contribution in [1.29, 1.82) is 0 Å². The average Bonchev–Trinajstić information content (AvgIpc) is 2.61. The Balaban J connectivity index is 1.59. The lowest BCUT2D eigenvalue weighted by Crippen LogP contribution is -2.44. The Morgan fingerprint density at radius 3 is 2.64 bits per heavy atom. The number of carbonyl (C=O) groups excluding carboxylic acids is 2. The van der Waals surface area contributed by atoms with Gasteiger partial charge in [-0.05, 0) is 37.3 Å². The van der Waals surface area contributed by atoms with E-state index in [9.17, 15) is 9.59 Å². The number of fused-ring (bicyclic) bond motifs is 1. The van der Waals surface area contributed by atoms with Gasteiger partial charge in [0.2, 0.25) is 11.8 Å².